The van der Waals surface area contributed by atoms with Gasteiger partial charge in [-0.25, -0.2) is 0 Å². The molecule has 0 aliphatic heterocycles. The number of nitrogens with one attached hydrogen (secondary N) is 1. The Kier molecular flexibility index (Phi) is 4.14. The molecule has 2 fully saturated rings. The molecule has 1 N–H and O–H groups in total. The van der Waals surface area contributed by atoms with Crippen LogP contribution in [0.15, 0.2) is 24.3 Å². The number of ether oxygens (including phenoxy) is 1. The van der Waals surface area contributed by atoms with Gasteiger partial charge < -0.3 is 10.1 Å². The van der Waals surface area contributed by atoms with E-state index >= 15 is 0 Å². The number of methoxy groups -OCH3 is 1. The highest BCUT2D eigenvalue weighted by molar-refractivity contribution is 5.46. The number of benzene rings is 1. The lowest BCUT2D eigenvalue weighted by Gasteiger charge is -2.49. The predicted molar refractivity (Wildman–Crippen MR) is 88.8 cm³/mol. The maximum atomic E-state index is 5.21. The molecule has 1 aromatic rings. The van der Waals surface area contributed by atoms with Crippen LogP contribution in [-0.4, -0.2) is 13.7 Å². The molecule has 116 valence electrons. The molecule has 2 aliphatic carbocycles. The molecule has 2 saturated carbocycles. The summed E-state index contributed by atoms with van der Waals surface area (Å²) >= 11 is 0. The second-order valence-corrected chi connectivity index (χ2v) is 7.67. The van der Waals surface area contributed by atoms with Crippen molar-refractivity contribution in [1.82, 2.24) is 0 Å². The average molecular weight is 287 g/mol. The SMILES string of the molecule is COc1ccc(NC[C@H]2CC[C@@H]3C[C@H]2CCC3(C)C)cc1. The van der Waals surface area contributed by atoms with Crippen molar-refractivity contribution in [3.63, 3.8) is 0 Å². The molecular formula is C19H29NO. The third-order valence-corrected chi connectivity index (χ3v) is 6.06. The largest absolute Gasteiger partial charge is 0.497 e. The Morgan fingerprint density at radius 1 is 1.14 bits per heavy atom. The van der Waals surface area contributed by atoms with Gasteiger partial charge in [-0.15, -0.1) is 0 Å². The Morgan fingerprint density at radius 2 is 1.90 bits per heavy atom. The summed E-state index contributed by atoms with van der Waals surface area (Å²) in [6.45, 7) is 6.08. The van der Waals surface area contributed by atoms with E-state index in [1.165, 1.54) is 37.8 Å². The summed E-state index contributed by atoms with van der Waals surface area (Å²) in [4.78, 5) is 0. The highest BCUT2D eigenvalue weighted by atomic mass is 16.5. The fraction of sp³-hybridized carbons (Fsp3) is 0.684. The van der Waals surface area contributed by atoms with Crippen molar-refractivity contribution < 1.29 is 4.74 Å². The lowest BCUT2D eigenvalue weighted by Crippen LogP contribution is -2.40. The van der Waals surface area contributed by atoms with Crippen LogP contribution in [0.2, 0.25) is 0 Å². The van der Waals surface area contributed by atoms with Crippen LogP contribution in [0.5, 0.6) is 5.75 Å². The van der Waals surface area contributed by atoms with Gasteiger partial charge in [-0.3, -0.25) is 0 Å². The Morgan fingerprint density at radius 3 is 2.62 bits per heavy atom. The molecule has 2 heteroatoms. The van der Waals surface area contributed by atoms with Crippen LogP contribution in [-0.2, 0) is 0 Å². The molecule has 0 saturated heterocycles. The molecule has 2 nitrogen and oxygen atoms in total. The first kappa shape index (κ1) is 14.7. The molecule has 1 aromatic carbocycles. The monoisotopic (exact) mass is 287 g/mol. The highest BCUT2D eigenvalue weighted by Crippen LogP contribution is 2.51. The van der Waals surface area contributed by atoms with E-state index in [0.717, 1.165) is 30.0 Å². The molecule has 3 atom stereocenters. The van der Waals surface area contributed by atoms with Crippen LogP contribution < -0.4 is 10.1 Å². The van der Waals surface area contributed by atoms with Crippen LogP contribution in [0.3, 0.4) is 0 Å². The van der Waals surface area contributed by atoms with Crippen molar-refractivity contribution in [2.75, 3.05) is 19.0 Å². The van der Waals surface area contributed by atoms with Gasteiger partial charge in [0.15, 0.2) is 0 Å². The summed E-state index contributed by atoms with van der Waals surface area (Å²) in [5.74, 6) is 3.70. The molecule has 0 heterocycles. The maximum absolute atomic E-state index is 5.21. The van der Waals surface area contributed by atoms with Gasteiger partial charge in [0.2, 0.25) is 0 Å². The Balaban J connectivity index is 1.54. The summed E-state index contributed by atoms with van der Waals surface area (Å²) < 4.78 is 5.21. The zero-order valence-corrected chi connectivity index (χ0v) is 13.7. The zero-order valence-electron chi connectivity index (χ0n) is 13.7. The fourth-order valence-electron chi connectivity index (χ4n) is 4.38. The molecule has 0 amide bonds. The van der Waals surface area contributed by atoms with Crippen molar-refractivity contribution in [2.24, 2.45) is 23.2 Å². The van der Waals surface area contributed by atoms with Gasteiger partial charge in [-0.2, -0.15) is 0 Å². The van der Waals surface area contributed by atoms with E-state index in [1.54, 1.807) is 7.11 Å². The van der Waals surface area contributed by atoms with Gasteiger partial charge in [0, 0.05) is 12.2 Å². The minimum absolute atomic E-state index is 0.588. The van der Waals surface area contributed by atoms with Gasteiger partial charge in [0.1, 0.15) is 5.75 Å². The van der Waals surface area contributed by atoms with Crippen molar-refractivity contribution in [3.05, 3.63) is 24.3 Å². The van der Waals surface area contributed by atoms with E-state index < -0.39 is 0 Å². The normalized spacial score (nSPS) is 30.7. The van der Waals surface area contributed by atoms with Gasteiger partial charge in [0.25, 0.3) is 0 Å². The molecule has 0 spiro atoms. The zero-order chi connectivity index (χ0) is 14.9. The summed E-state index contributed by atoms with van der Waals surface area (Å²) in [6.07, 6.45) is 7.14. The van der Waals surface area contributed by atoms with Crippen molar-refractivity contribution in [2.45, 2.75) is 46.0 Å². The Hall–Kier alpha value is -1.18. The first-order chi connectivity index (χ1) is 10.1. The molecule has 2 aliphatic rings. The van der Waals surface area contributed by atoms with Crippen LogP contribution in [0.1, 0.15) is 46.0 Å². The van der Waals surface area contributed by atoms with E-state index in [-0.39, 0.29) is 0 Å². The Bertz CT molecular complexity index is 465. The van der Waals surface area contributed by atoms with E-state index in [1.807, 2.05) is 12.1 Å². The predicted octanol–water partition coefficient (Wildman–Crippen LogP) is 4.96. The van der Waals surface area contributed by atoms with Gasteiger partial charge in [0.05, 0.1) is 7.11 Å². The van der Waals surface area contributed by atoms with E-state index in [2.05, 4.69) is 31.3 Å². The first-order valence-electron chi connectivity index (χ1n) is 8.46. The minimum Gasteiger partial charge on any atom is -0.497 e. The number of anilines is 1. The van der Waals surface area contributed by atoms with Crippen molar-refractivity contribution in [3.8, 4) is 5.75 Å². The summed E-state index contributed by atoms with van der Waals surface area (Å²) in [5.41, 5.74) is 1.80. The summed E-state index contributed by atoms with van der Waals surface area (Å²) in [5, 5.41) is 3.63. The molecule has 0 radical (unpaired) electrons. The van der Waals surface area contributed by atoms with Gasteiger partial charge in [-0.1, -0.05) is 13.8 Å². The van der Waals surface area contributed by atoms with Crippen LogP contribution in [0, 0.1) is 23.2 Å². The molecule has 21 heavy (non-hydrogen) atoms. The van der Waals surface area contributed by atoms with E-state index in [0.29, 0.717) is 5.41 Å². The molecular weight excluding hydrogens is 258 g/mol. The van der Waals surface area contributed by atoms with Crippen LogP contribution in [0.25, 0.3) is 0 Å². The molecule has 0 unspecified atom stereocenters. The quantitative estimate of drug-likeness (QED) is 0.845. The second-order valence-electron chi connectivity index (χ2n) is 7.67. The smallest absolute Gasteiger partial charge is 0.119 e. The van der Waals surface area contributed by atoms with Crippen molar-refractivity contribution >= 4 is 5.69 Å². The number of rotatable bonds is 4. The average Bonchev–Trinajstić information content (AvgIpc) is 2.51. The van der Waals surface area contributed by atoms with Gasteiger partial charge in [-0.05, 0) is 79.5 Å². The van der Waals surface area contributed by atoms with Crippen molar-refractivity contribution in [1.29, 1.82) is 0 Å². The number of fused-ring (bicyclic) bond motifs is 2. The second kappa shape index (κ2) is 5.90. The molecule has 3 rings (SSSR count). The first-order valence-corrected chi connectivity index (χ1v) is 8.46. The lowest BCUT2D eigenvalue weighted by atomic mass is 9.57. The Labute approximate surface area is 129 Å². The topological polar surface area (TPSA) is 21.3 Å². The third kappa shape index (κ3) is 3.20. The van der Waals surface area contributed by atoms with Crippen LogP contribution >= 0.6 is 0 Å². The lowest BCUT2D eigenvalue weighted by molar-refractivity contribution is 0.0258. The molecule has 2 bridgehead atoms. The third-order valence-electron chi connectivity index (χ3n) is 6.06. The van der Waals surface area contributed by atoms with E-state index in [9.17, 15) is 0 Å². The summed E-state index contributed by atoms with van der Waals surface area (Å²) in [7, 11) is 1.71. The van der Waals surface area contributed by atoms with Crippen LogP contribution in [0.4, 0.5) is 5.69 Å². The summed E-state index contributed by atoms with van der Waals surface area (Å²) in [6, 6.07) is 8.30. The van der Waals surface area contributed by atoms with E-state index in [4.69, 9.17) is 4.74 Å². The number of hydrogen-bond donors (Lipinski definition) is 1. The minimum atomic E-state index is 0.588. The van der Waals surface area contributed by atoms with Gasteiger partial charge >= 0.3 is 0 Å². The molecule has 0 aromatic heterocycles. The fourth-order valence-corrected chi connectivity index (χ4v) is 4.38. The number of hydrogen-bond acceptors (Lipinski definition) is 2. The highest BCUT2D eigenvalue weighted by Gasteiger charge is 2.42. The maximum Gasteiger partial charge on any atom is 0.119 e. The standard InChI is InChI=1S/C19H29NO/c1-19(2)11-10-14-12-16(19)5-4-15(14)13-20-17-6-8-18(21-3)9-7-17/h6-9,14-16,20H,4-5,10-13H2,1-3H3/t14-,15-,16-/m1/s1.